The highest BCUT2D eigenvalue weighted by Gasteiger charge is 2.38. The first-order chi connectivity index (χ1) is 8.05. The molecule has 0 aromatic carbocycles. The molecule has 0 aromatic rings. The normalized spacial score (nSPS) is 31.8. The largest absolute Gasteiger partial charge is 0.329 e. The molecule has 0 heterocycles. The fourth-order valence-electron chi connectivity index (χ4n) is 3.23. The molecule has 1 aliphatic carbocycles. The highest BCUT2D eigenvalue weighted by molar-refractivity contribution is 7.98. The molecule has 0 aromatic heterocycles. The second-order valence-electron chi connectivity index (χ2n) is 5.87. The van der Waals surface area contributed by atoms with Crippen molar-refractivity contribution in [1.29, 1.82) is 0 Å². The summed E-state index contributed by atoms with van der Waals surface area (Å²) in [7, 11) is 2.29. The summed E-state index contributed by atoms with van der Waals surface area (Å²) in [6.07, 6.45) is 8.76. The lowest BCUT2D eigenvalue weighted by atomic mass is 9.75. The van der Waals surface area contributed by atoms with Gasteiger partial charge in [0.25, 0.3) is 0 Å². The van der Waals surface area contributed by atoms with Crippen molar-refractivity contribution in [2.45, 2.75) is 57.5 Å². The number of hydrogen-bond donors (Lipinski definition) is 1. The third-order valence-corrected chi connectivity index (χ3v) is 5.24. The Bertz CT molecular complexity index is 222. The minimum atomic E-state index is 0.273. The minimum Gasteiger partial charge on any atom is -0.329 e. The van der Waals surface area contributed by atoms with Crippen LogP contribution in [-0.4, -0.2) is 42.1 Å². The monoisotopic (exact) mass is 258 g/mol. The van der Waals surface area contributed by atoms with Crippen LogP contribution in [0.3, 0.4) is 0 Å². The number of nitrogens with zero attached hydrogens (tertiary/aromatic N) is 1. The van der Waals surface area contributed by atoms with E-state index in [0.717, 1.165) is 12.5 Å². The topological polar surface area (TPSA) is 29.3 Å². The second-order valence-corrected chi connectivity index (χ2v) is 6.86. The number of hydrogen-bond acceptors (Lipinski definition) is 3. The van der Waals surface area contributed by atoms with Gasteiger partial charge in [-0.05, 0) is 51.2 Å². The van der Waals surface area contributed by atoms with E-state index in [9.17, 15) is 0 Å². The summed E-state index contributed by atoms with van der Waals surface area (Å²) >= 11 is 1.94. The van der Waals surface area contributed by atoms with Crippen LogP contribution in [0.15, 0.2) is 0 Å². The van der Waals surface area contributed by atoms with Crippen LogP contribution >= 0.6 is 11.8 Å². The Morgan fingerprint density at radius 2 is 2.24 bits per heavy atom. The van der Waals surface area contributed by atoms with Crippen molar-refractivity contribution >= 4 is 11.8 Å². The first-order valence-corrected chi connectivity index (χ1v) is 8.37. The summed E-state index contributed by atoms with van der Waals surface area (Å²) in [5.74, 6) is 2.09. The Hall–Kier alpha value is 0.270. The Labute approximate surface area is 112 Å². The number of nitrogens with two attached hydrogens (primary N) is 1. The van der Waals surface area contributed by atoms with Gasteiger partial charge >= 0.3 is 0 Å². The third kappa shape index (κ3) is 3.87. The van der Waals surface area contributed by atoms with E-state index in [1.807, 2.05) is 11.8 Å². The molecule has 1 aliphatic rings. The predicted molar refractivity (Wildman–Crippen MR) is 79.6 cm³/mol. The standard InChI is InChI=1S/C14H30N2S/c1-12-6-5-8-14(10-12,11-15)16(3)13(2)7-9-17-4/h12-13H,5-11,15H2,1-4H3. The molecular weight excluding hydrogens is 228 g/mol. The summed E-state index contributed by atoms with van der Waals surface area (Å²) < 4.78 is 0. The lowest BCUT2D eigenvalue weighted by Crippen LogP contribution is -2.57. The van der Waals surface area contributed by atoms with Crippen molar-refractivity contribution in [3.63, 3.8) is 0 Å². The van der Waals surface area contributed by atoms with Gasteiger partial charge in [0.05, 0.1) is 0 Å². The lowest BCUT2D eigenvalue weighted by molar-refractivity contribution is 0.0318. The second kappa shape index (κ2) is 7.01. The molecule has 0 saturated heterocycles. The van der Waals surface area contributed by atoms with E-state index in [1.54, 1.807) is 0 Å². The van der Waals surface area contributed by atoms with Gasteiger partial charge in [-0.2, -0.15) is 11.8 Å². The molecule has 102 valence electrons. The maximum Gasteiger partial charge on any atom is 0.0334 e. The number of thioether (sulfide) groups is 1. The summed E-state index contributed by atoms with van der Waals surface area (Å²) in [5, 5.41) is 0. The molecule has 1 rings (SSSR count). The maximum absolute atomic E-state index is 6.12. The molecule has 3 heteroatoms. The molecule has 1 fully saturated rings. The molecule has 3 unspecified atom stereocenters. The fourth-order valence-corrected chi connectivity index (χ4v) is 3.81. The zero-order valence-electron chi connectivity index (χ0n) is 12.0. The smallest absolute Gasteiger partial charge is 0.0334 e. The van der Waals surface area contributed by atoms with E-state index < -0.39 is 0 Å². The number of rotatable bonds is 6. The van der Waals surface area contributed by atoms with E-state index in [2.05, 4.69) is 32.1 Å². The molecule has 0 aliphatic heterocycles. The van der Waals surface area contributed by atoms with Gasteiger partial charge in [0.15, 0.2) is 0 Å². The van der Waals surface area contributed by atoms with E-state index in [1.165, 1.54) is 37.9 Å². The molecule has 0 bridgehead atoms. The van der Waals surface area contributed by atoms with Crippen LogP contribution < -0.4 is 5.73 Å². The minimum absolute atomic E-state index is 0.273. The molecule has 3 atom stereocenters. The Balaban J connectivity index is 2.64. The van der Waals surface area contributed by atoms with Crippen molar-refractivity contribution in [3.05, 3.63) is 0 Å². The molecule has 0 amide bonds. The molecule has 17 heavy (non-hydrogen) atoms. The first kappa shape index (κ1) is 15.3. The average molecular weight is 258 g/mol. The van der Waals surface area contributed by atoms with Crippen LogP contribution in [0.2, 0.25) is 0 Å². The zero-order valence-corrected chi connectivity index (χ0v) is 12.9. The number of likely N-dealkylation sites (N-methyl/N-ethyl adjacent to an activating group) is 1. The van der Waals surface area contributed by atoms with Gasteiger partial charge in [-0.3, -0.25) is 4.90 Å². The van der Waals surface area contributed by atoms with Gasteiger partial charge < -0.3 is 5.73 Å². The van der Waals surface area contributed by atoms with Crippen LogP contribution in [0, 0.1) is 5.92 Å². The van der Waals surface area contributed by atoms with E-state index in [-0.39, 0.29) is 5.54 Å². The predicted octanol–water partition coefficient (Wildman–Crippen LogP) is 2.97. The van der Waals surface area contributed by atoms with Crippen LogP contribution in [0.25, 0.3) is 0 Å². The lowest BCUT2D eigenvalue weighted by Gasteiger charge is -2.48. The molecule has 2 nitrogen and oxygen atoms in total. The van der Waals surface area contributed by atoms with E-state index >= 15 is 0 Å². The highest BCUT2D eigenvalue weighted by Crippen LogP contribution is 2.36. The van der Waals surface area contributed by atoms with Crippen molar-refractivity contribution in [1.82, 2.24) is 4.90 Å². The van der Waals surface area contributed by atoms with Gasteiger partial charge in [-0.15, -0.1) is 0 Å². The summed E-state index contributed by atoms with van der Waals surface area (Å²) in [6, 6.07) is 0.649. The quantitative estimate of drug-likeness (QED) is 0.794. The van der Waals surface area contributed by atoms with Crippen LogP contribution in [0.4, 0.5) is 0 Å². The fraction of sp³-hybridized carbons (Fsp3) is 1.00. The summed E-state index contributed by atoms with van der Waals surface area (Å²) in [4.78, 5) is 2.58. The Morgan fingerprint density at radius 3 is 2.76 bits per heavy atom. The van der Waals surface area contributed by atoms with Gasteiger partial charge in [0.1, 0.15) is 0 Å². The van der Waals surface area contributed by atoms with Crippen LogP contribution in [-0.2, 0) is 0 Å². The van der Waals surface area contributed by atoms with Crippen molar-refractivity contribution in [3.8, 4) is 0 Å². The Morgan fingerprint density at radius 1 is 1.53 bits per heavy atom. The third-order valence-electron chi connectivity index (χ3n) is 4.60. The molecule has 0 radical (unpaired) electrons. The first-order valence-electron chi connectivity index (χ1n) is 6.97. The highest BCUT2D eigenvalue weighted by atomic mass is 32.2. The summed E-state index contributed by atoms with van der Waals surface area (Å²) in [6.45, 7) is 5.55. The summed E-state index contributed by atoms with van der Waals surface area (Å²) in [5.41, 5.74) is 6.39. The van der Waals surface area contributed by atoms with Gasteiger partial charge in [-0.1, -0.05) is 19.8 Å². The van der Waals surface area contributed by atoms with Crippen LogP contribution in [0.1, 0.15) is 46.0 Å². The molecule has 1 saturated carbocycles. The SMILES string of the molecule is CSCCC(C)N(C)C1(CN)CCCC(C)C1. The van der Waals surface area contributed by atoms with Crippen molar-refractivity contribution in [2.24, 2.45) is 11.7 Å². The molecule has 0 spiro atoms. The van der Waals surface area contributed by atoms with Crippen molar-refractivity contribution in [2.75, 3.05) is 25.6 Å². The molecule has 2 N–H and O–H groups in total. The zero-order chi connectivity index (χ0) is 12.9. The van der Waals surface area contributed by atoms with Gasteiger partial charge in [0.2, 0.25) is 0 Å². The van der Waals surface area contributed by atoms with Crippen LogP contribution in [0.5, 0.6) is 0 Å². The average Bonchev–Trinajstić information content (AvgIpc) is 2.34. The maximum atomic E-state index is 6.12. The van der Waals surface area contributed by atoms with Crippen molar-refractivity contribution < 1.29 is 0 Å². The van der Waals surface area contributed by atoms with Gasteiger partial charge in [0, 0.05) is 18.1 Å². The van der Waals surface area contributed by atoms with E-state index in [4.69, 9.17) is 5.73 Å². The van der Waals surface area contributed by atoms with Gasteiger partial charge in [-0.25, -0.2) is 0 Å². The van der Waals surface area contributed by atoms with E-state index in [0.29, 0.717) is 6.04 Å². The Kier molecular flexibility index (Phi) is 6.32. The molecular formula is C14H30N2S.